The molecule has 2 aromatic heterocycles. The topological polar surface area (TPSA) is 55.6 Å². The van der Waals surface area contributed by atoms with Crippen molar-refractivity contribution in [2.45, 2.75) is 20.4 Å². The van der Waals surface area contributed by atoms with E-state index in [1.807, 2.05) is 35.6 Å². The van der Waals surface area contributed by atoms with Gasteiger partial charge in [0, 0.05) is 22.3 Å². The fraction of sp³-hybridized carbons (Fsp3) is 0.182. The zero-order valence-corrected chi connectivity index (χ0v) is 18.8. The highest BCUT2D eigenvalue weighted by molar-refractivity contribution is 9.10. The first-order valence-corrected chi connectivity index (χ1v) is 11.0. The molecule has 0 atom stereocenters. The van der Waals surface area contributed by atoms with Crippen LogP contribution < -0.4 is 5.32 Å². The van der Waals surface area contributed by atoms with E-state index in [4.69, 9.17) is 9.72 Å². The van der Waals surface area contributed by atoms with E-state index in [0.29, 0.717) is 23.0 Å². The van der Waals surface area contributed by atoms with Crippen molar-refractivity contribution in [3.05, 3.63) is 75.0 Å². The molecule has 154 valence electrons. The number of benzene rings is 2. The number of fused-ring (bicyclic) bond motifs is 1. The van der Waals surface area contributed by atoms with Crippen molar-refractivity contribution in [3.8, 4) is 11.3 Å². The zero-order valence-electron chi connectivity index (χ0n) is 16.4. The highest BCUT2D eigenvalue weighted by atomic mass is 79.9. The molecule has 0 spiro atoms. The van der Waals surface area contributed by atoms with Crippen LogP contribution in [0.15, 0.2) is 53.0 Å². The highest BCUT2D eigenvalue weighted by Gasteiger charge is 2.23. The molecule has 5 nitrogen and oxygen atoms in total. The van der Waals surface area contributed by atoms with Crippen molar-refractivity contribution in [1.82, 2.24) is 9.38 Å². The first kappa shape index (κ1) is 20.6. The van der Waals surface area contributed by atoms with Gasteiger partial charge >= 0.3 is 5.97 Å². The molecule has 2 heterocycles. The number of anilines is 1. The van der Waals surface area contributed by atoms with Crippen molar-refractivity contribution >= 4 is 44.0 Å². The fourth-order valence-electron chi connectivity index (χ4n) is 3.22. The standard InChI is InChI=1S/C22H19BrFN3O2S/c1-3-29-21(28)19-13(2)27-20(25-12-14-7-9-17(24)10-8-14)18(26-22(27)30-19)15-5-4-6-16(23)11-15/h4-11,25H,3,12H2,1-2H3. The summed E-state index contributed by atoms with van der Waals surface area (Å²) in [6.45, 7) is 4.47. The molecule has 0 aliphatic heterocycles. The monoisotopic (exact) mass is 487 g/mol. The second-order valence-electron chi connectivity index (χ2n) is 6.65. The molecule has 0 fully saturated rings. The molecule has 0 radical (unpaired) electrons. The largest absolute Gasteiger partial charge is 0.462 e. The number of aromatic nitrogens is 2. The Balaban J connectivity index is 1.80. The van der Waals surface area contributed by atoms with Crippen LogP contribution >= 0.6 is 27.3 Å². The number of thiazole rings is 1. The maximum Gasteiger partial charge on any atom is 0.350 e. The number of carbonyl (C=O) groups excluding carboxylic acids is 1. The number of halogens is 2. The molecule has 30 heavy (non-hydrogen) atoms. The highest BCUT2D eigenvalue weighted by Crippen LogP contribution is 2.36. The summed E-state index contributed by atoms with van der Waals surface area (Å²) in [4.78, 5) is 18.4. The molecule has 4 aromatic rings. The van der Waals surface area contributed by atoms with Crippen molar-refractivity contribution in [3.63, 3.8) is 0 Å². The number of nitrogens with one attached hydrogen (secondary N) is 1. The Labute approximate surface area is 185 Å². The summed E-state index contributed by atoms with van der Waals surface area (Å²) < 4.78 is 21.3. The van der Waals surface area contributed by atoms with Gasteiger partial charge in [-0.05, 0) is 43.7 Å². The molecule has 1 N–H and O–H groups in total. The van der Waals surface area contributed by atoms with E-state index < -0.39 is 0 Å². The van der Waals surface area contributed by atoms with Gasteiger partial charge in [-0.25, -0.2) is 14.2 Å². The summed E-state index contributed by atoms with van der Waals surface area (Å²) in [6.07, 6.45) is 0. The van der Waals surface area contributed by atoms with Gasteiger partial charge in [0.15, 0.2) is 4.96 Å². The smallest absolute Gasteiger partial charge is 0.350 e. The van der Waals surface area contributed by atoms with Crippen molar-refractivity contribution in [1.29, 1.82) is 0 Å². The molecule has 0 saturated carbocycles. The van der Waals surface area contributed by atoms with Gasteiger partial charge in [0.25, 0.3) is 0 Å². The van der Waals surface area contributed by atoms with Crippen LogP contribution in [-0.4, -0.2) is 22.0 Å². The van der Waals surface area contributed by atoms with Gasteiger partial charge in [-0.3, -0.25) is 4.40 Å². The lowest BCUT2D eigenvalue weighted by Gasteiger charge is -2.10. The second-order valence-corrected chi connectivity index (χ2v) is 8.55. The van der Waals surface area contributed by atoms with Gasteiger partial charge in [0.2, 0.25) is 0 Å². The van der Waals surface area contributed by atoms with E-state index in [9.17, 15) is 9.18 Å². The van der Waals surface area contributed by atoms with E-state index >= 15 is 0 Å². The number of aryl methyl sites for hydroxylation is 1. The van der Waals surface area contributed by atoms with E-state index in [1.165, 1.54) is 23.5 Å². The van der Waals surface area contributed by atoms with E-state index in [-0.39, 0.29) is 11.8 Å². The third-order valence-electron chi connectivity index (χ3n) is 4.64. The fourth-order valence-corrected chi connectivity index (χ4v) is 4.64. The number of esters is 1. The van der Waals surface area contributed by atoms with Gasteiger partial charge in [-0.2, -0.15) is 0 Å². The van der Waals surface area contributed by atoms with E-state index in [2.05, 4.69) is 21.2 Å². The molecule has 0 aliphatic carbocycles. The quantitative estimate of drug-likeness (QED) is 0.335. The van der Waals surface area contributed by atoms with Crippen LogP contribution in [-0.2, 0) is 11.3 Å². The molecule has 0 unspecified atom stereocenters. The third-order valence-corrected chi connectivity index (χ3v) is 6.25. The Hall–Kier alpha value is -2.71. The Bertz CT molecular complexity index is 1220. The number of imidazole rings is 1. The summed E-state index contributed by atoms with van der Waals surface area (Å²) in [5.41, 5.74) is 3.43. The minimum Gasteiger partial charge on any atom is -0.462 e. The average Bonchev–Trinajstić information content (AvgIpc) is 3.25. The van der Waals surface area contributed by atoms with Gasteiger partial charge in [0.05, 0.1) is 6.61 Å². The normalized spacial score (nSPS) is 11.1. The maximum absolute atomic E-state index is 13.2. The molecule has 0 bridgehead atoms. The Morgan fingerprint density at radius 3 is 2.73 bits per heavy atom. The van der Waals surface area contributed by atoms with Gasteiger partial charge < -0.3 is 10.1 Å². The summed E-state index contributed by atoms with van der Waals surface area (Å²) in [6, 6.07) is 14.2. The molecule has 2 aromatic carbocycles. The molecule has 8 heteroatoms. The Morgan fingerprint density at radius 1 is 1.27 bits per heavy atom. The van der Waals surface area contributed by atoms with Crippen LogP contribution in [0, 0.1) is 12.7 Å². The summed E-state index contributed by atoms with van der Waals surface area (Å²) in [7, 11) is 0. The number of hydrogen-bond donors (Lipinski definition) is 1. The first-order chi connectivity index (χ1) is 14.5. The number of rotatable bonds is 6. The lowest BCUT2D eigenvalue weighted by atomic mass is 10.1. The maximum atomic E-state index is 13.2. The molecule has 0 aliphatic rings. The minimum absolute atomic E-state index is 0.270. The van der Waals surface area contributed by atoms with Crippen molar-refractivity contribution in [2.24, 2.45) is 0 Å². The van der Waals surface area contributed by atoms with Crippen molar-refractivity contribution in [2.75, 3.05) is 11.9 Å². The van der Waals surface area contributed by atoms with Gasteiger partial charge in [0.1, 0.15) is 22.2 Å². The zero-order chi connectivity index (χ0) is 21.3. The van der Waals surface area contributed by atoms with Gasteiger partial charge in [-0.15, -0.1) is 0 Å². The lowest BCUT2D eigenvalue weighted by Crippen LogP contribution is -2.07. The molecular formula is C22H19BrFN3O2S. The van der Waals surface area contributed by atoms with Crippen LogP contribution in [0.5, 0.6) is 0 Å². The third kappa shape index (κ3) is 3.97. The SMILES string of the molecule is CCOC(=O)c1sc2nc(-c3cccc(Br)c3)c(NCc3ccc(F)cc3)n2c1C. The average molecular weight is 488 g/mol. The van der Waals surface area contributed by atoms with Crippen LogP contribution in [0.2, 0.25) is 0 Å². The summed E-state index contributed by atoms with van der Waals surface area (Å²) >= 11 is 4.82. The summed E-state index contributed by atoms with van der Waals surface area (Å²) in [5.74, 6) is 0.156. The number of hydrogen-bond acceptors (Lipinski definition) is 5. The summed E-state index contributed by atoms with van der Waals surface area (Å²) in [5, 5.41) is 3.43. The van der Waals surface area contributed by atoms with Crippen LogP contribution in [0.4, 0.5) is 10.2 Å². The first-order valence-electron chi connectivity index (χ1n) is 9.41. The predicted octanol–water partition coefficient (Wildman–Crippen LogP) is 6.06. The Kier molecular flexibility index (Phi) is 5.87. The number of carbonyl (C=O) groups is 1. The number of ether oxygens (including phenoxy) is 1. The second kappa shape index (κ2) is 8.57. The van der Waals surface area contributed by atoms with E-state index in [0.717, 1.165) is 32.8 Å². The van der Waals surface area contributed by atoms with E-state index in [1.54, 1.807) is 19.1 Å². The van der Waals surface area contributed by atoms with Crippen LogP contribution in [0.3, 0.4) is 0 Å². The van der Waals surface area contributed by atoms with Crippen molar-refractivity contribution < 1.29 is 13.9 Å². The van der Waals surface area contributed by atoms with Crippen LogP contribution in [0.25, 0.3) is 16.2 Å². The lowest BCUT2D eigenvalue weighted by molar-refractivity contribution is 0.0531. The molecule has 0 amide bonds. The molecular weight excluding hydrogens is 469 g/mol. The molecule has 4 rings (SSSR count). The molecule has 0 saturated heterocycles. The minimum atomic E-state index is -0.348. The number of nitrogens with zero attached hydrogens (tertiary/aromatic N) is 2. The van der Waals surface area contributed by atoms with Gasteiger partial charge in [-0.1, -0.05) is 51.5 Å². The Morgan fingerprint density at radius 2 is 2.03 bits per heavy atom. The predicted molar refractivity (Wildman–Crippen MR) is 121 cm³/mol. The van der Waals surface area contributed by atoms with Crippen LogP contribution in [0.1, 0.15) is 27.9 Å².